The van der Waals surface area contributed by atoms with Crippen LogP contribution in [0.3, 0.4) is 0 Å². The van der Waals surface area contributed by atoms with E-state index in [1.165, 1.54) is 29.2 Å². The number of hydrogen-bond donors (Lipinski definition) is 0. The maximum atomic E-state index is 11.4. The first-order valence-electron chi connectivity index (χ1n) is 5.96. The molecule has 0 radical (unpaired) electrons. The first-order valence-corrected chi connectivity index (χ1v) is 5.96. The van der Waals surface area contributed by atoms with E-state index in [-0.39, 0.29) is 18.0 Å². The van der Waals surface area contributed by atoms with Crippen molar-refractivity contribution in [3.8, 4) is 5.75 Å². The highest BCUT2D eigenvalue weighted by Crippen LogP contribution is 2.18. The van der Waals surface area contributed by atoms with E-state index < -0.39 is 23.3 Å². The molecule has 1 saturated heterocycles. The molecule has 1 amide bonds. The monoisotopic (exact) mass is 296 g/mol. The maximum absolute atomic E-state index is 11.4. The van der Waals surface area contributed by atoms with Gasteiger partial charge < -0.3 is 19.1 Å². The van der Waals surface area contributed by atoms with Crippen LogP contribution in [0.2, 0.25) is 0 Å². The Labute approximate surface area is 119 Å². The highest BCUT2D eigenvalue weighted by molar-refractivity contribution is 5.69. The zero-order valence-electron chi connectivity index (χ0n) is 11.1. The van der Waals surface area contributed by atoms with Crippen molar-refractivity contribution in [2.45, 2.75) is 6.10 Å². The van der Waals surface area contributed by atoms with E-state index >= 15 is 0 Å². The molecule has 1 aromatic carbocycles. The van der Waals surface area contributed by atoms with Gasteiger partial charge in [0.25, 0.3) is 5.69 Å². The van der Waals surface area contributed by atoms with E-state index in [1.807, 2.05) is 0 Å². The van der Waals surface area contributed by atoms with Crippen LogP contribution in [0.25, 0.3) is 0 Å². The van der Waals surface area contributed by atoms with E-state index in [0.717, 1.165) is 0 Å². The highest BCUT2D eigenvalue weighted by Gasteiger charge is 2.29. The Morgan fingerprint density at radius 1 is 1.48 bits per heavy atom. The van der Waals surface area contributed by atoms with Crippen molar-refractivity contribution >= 4 is 17.9 Å². The fourth-order valence-electron chi connectivity index (χ4n) is 1.66. The maximum Gasteiger partial charge on any atom is 0.513 e. The molecule has 1 atom stereocenters. The molecule has 1 heterocycles. The second-order valence-electron chi connectivity index (χ2n) is 4.30. The van der Waals surface area contributed by atoms with Crippen LogP contribution in [0, 0.1) is 10.1 Å². The standard InChI is InChI=1S/C12H12N2O7/c1-13-6-10(20-11(13)15)7-19-12(16)21-9-4-2-8(3-5-9)14(17)18/h2-5,10H,6-7H2,1H3/t10-/m0/s1. The van der Waals surface area contributed by atoms with Crippen LogP contribution in [0.15, 0.2) is 24.3 Å². The van der Waals surface area contributed by atoms with Crippen LogP contribution < -0.4 is 4.74 Å². The second-order valence-corrected chi connectivity index (χ2v) is 4.30. The van der Waals surface area contributed by atoms with Crippen LogP contribution in [-0.2, 0) is 9.47 Å². The average Bonchev–Trinajstić information content (AvgIpc) is 2.76. The largest absolute Gasteiger partial charge is 0.513 e. The predicted molar refractivity (Wildman–Crippen MR) is 68.0 cm³/mol. The summed E-state index contributed by atoms with van der Waals surface area (Å²) < 4.78 is 14.5. The molecule has 2 rings (SSSR count). The molecule has 9 nitrogen and oxygen atoms in total. The number of nitro benzene ring substituents is 1. The summed E-state index contributed by atoms with van der Waals surface area (Å²) in [6.45, 7) is 0.200. The van der Waals surface area contributed by atoms with Gasteiger partial charge in [0.15, 0.2) is 6.10 Å². The molecular weight excluding hydrogens is 284 g/mol. The van der Waals surface area contributed by atoms with Crippen molar-refractivity contribution < 1.29 is 28.7 Å². The number of amides is 1. The highest BCUT2D eigenvalue weighted by atomic mass is 16.7. The number of nitrogens with zero attached hydrogens (tertiary/aromatic N) is 2. The molecule has 0 aromatic heterocycles. The number of benzene rings is 1. The summed E-state index contributed by atoms with van der Waals surface area (Å²) >= 11 is 0. The van der Waals surface area contributed by atoms with E-state index in [9.17, 15) is 19.7 Å². The molecule has 0 unspecified atom stereocenters. The van der Waals surface area contributed by atoms with E-state index in [4.69, 9.17) is 14.2 Å². The molecule has 1 aliphatic rings. The first kappa shape index (κ1) is 14.6. The Kier molecular flexibility index (Phi) is 4.21. The topological polar surface area (TPSA) is 108 Å². The zero-order valence-corrected chi connectivity index (χ0v) is 11.1. The van der Waals surface area contributed by atoms with Gasteiger partial charge >= 0.3 is 12.2 Å². The number of likely N-dealkylation sites (N-methyl/N-ethyl adjacent to an activating group) is 1. The van der Waals surface area contributed by atoms with Gasteiger partial charge in [0.2, 0.25) is 0 Å². The SMILES string of the molecule is CN1C[C@@H](COC(=O)Oc2ccc([N+](=O)[O-])cc2)OC1=O. The smallest absolute Gasteiger partial charge is 0.441 e. The Hall–Kier alpha value is -2.84. The third-order valence-electron chi connectivity index (χ3n) is 2.69. The molecule has 1 fully saturated rings. The molecule has 0 N–H and O–H groups in total. The summed E-state index contributed by atoms with van der Waals surface area (Å²) in [6.07, 6.45) is -1.99. The number of carbonyl (C=O) groups excluding carboxylic acids is 2. The number of hydrogen-bond acceptors (Lipinski definition) is 7. The summed E-state index contributed by atoms with van der Waals surface area (Å²) in [5.41, 5.74) is -0.114. The summed E-state index contributed by atoms with van der Waals surface area (Å²) in [7, 11) is 1.57. The molecular formula is C12H12N2O7. The average molecular weight is 296 g/mol. The number of nitro groups is 1. The van der Waals surface area contributed by atoms with Crippen LogP contribution in [0.4, 0.5) is 15.3 Å². The van der Waals surface area contributed by atoms with Crippen LogP contribution in [-0.4, -0.2) is 48.4 Å². The van der Waals surface area contributed by atoms with Crippen molar-refractivity contribution in [2.75, 3.05) is 20.2 Å². The van der Waals surface area contributed by atoms with Crippen molar-refractivity contribution in [1.29, 1.82) is 0 Å². The lowest BCUT2D eigenvalue weighted by Crippen LogP contribution is -2.24. The predicted octanol–water partition coefficient (Wildman–Crippen LogP) is 1.56. The summed E-state index contributed by atoms with van der Waals surface area (Å²) in [5, 5.41) is 10.5. The van der Waals surface area contributed by atoms with Crippen molar-refractivity contribution in [3.05, 3.63) is 34.4 Å². The van der Waals surface area contributed by atoms with Crippen LogP contribution >= 0.6 is 0 Å². The van der Waals surface area contributed by atoms with E-state index in [1.54, 1.807) is 7.05 Å². The summed E-state index contributed by atoms with van der Waals surface area (Å²) in [5.74, 6) is 0.117. The molecule has 0 bridgehead atoms. The van der Waals surface area contributed by atoms with Gasteiger partial charge in [-0.1, -0.05) is 0 Å². The molecule has 1 aromatic rings. The van der Waals surface area contributed by atoms with Gasteiger partial charge in [-0.2, -0.15) is 0 Å². The van der Waals surface area contributed by atoms with E-state index in [2.05, 4.69) is 0 Å². The van der Waals surface area contributed by atoms with Crippen LogP contribution in [0.5, 0.6) is 5.75 Å². The number of carbonyl (C=O) groups is 2. The quantitative estimate of drug-likeness (QED) is 0.359. The lowest BCUT2D eigenvalue weighted by molar-refractivity contribution is -0.384. The minimum atomic E-state index is -0.977. The number of ether oxygens (including phenoxy) is 3. The third-order valence-corrected chi connectivity index (χ3v) is 2.69. The fraction of sp³-hybridized carbons (Fsp3) is 0.333. The molecule has 21 heavy (non-hydrogen) atoms. The lowest BCUT2D eigenvalue weighted by atomic mass is 10.3. The van der Waals surface area contributed by atoms with Crippen molar-refractivity contribution in [3.63, 3.8) is 0 Å². The van der Waals surface area contributed by atoms with Gasteiger partial charge in [-0.25, -0.2) is 9.59 Å². The minimum Gasteiger partial charge on any atom is -0.441 e. The lowest BCUT2D eigenvalue weighted by Gasteiger charge is -2.09. The number of cyclic esters (lactones) is 1. The molecule has 1 aliphatic heterocycles. The molecule has 9 heteroatoms. The van der Waals surface area contributed by atoms with Crippen molar-refractivity contribution in [1.82, 2.24) is 4.90 Å². The Balaban J connectivity index is 1.79. The molecule has 0 saturated carbocycles. The van der Waals surface area contributed by atoms with Crippen molar-refractivity contribution in [2.24, 2.45) is 0 Å². The third kappa shape index (κ3) is 3.81. The van der Waals surface area contributed by atoms with Gasteiger partial charge in [0.1, 0.15) is 12.4 Å². The number of non-ortho nitro benzene ring substituents is 1. The van der Waals surface area contributed by atoms with Gasteiger partial charge in [-0.3, -0.25) is 10.1 Å². The fourth-order valence-corrected chi connectivity index (χ4v) is 1.66. The van der Waals surface area contributed by atoms with E-state index in [0.29, 0.717) is 6.54 Å². The second kappa shape index (κ2) is 6.07. The van der Waals surface area contributed by atoms with Gasteiger partial charge in [-0.15, -0.1) is 0 Å². The Morgan fingerprint density at radius 3 is 2.67 bits per heavy atom. The Bertz CT molecular complexity index is 557. The summed E-state index contributed by atoms with van der Waals surface area (Å²) in [6, 6.07) is 4.97. The molecule has 0 spiro atoms. The minimum absolute atomic E-state index is 0.114. The van der Waals surface area contributed by atoms with Gasteiger partial charge in [0.05, 0.1) is 11.5 Å². The molecule has 112 valence electrons. The van der Waals surface area contributed by atoms with Gasteiger partial charge in [0, 0.05) is 19.2 Å². The van der Waals surface area contributed by atoms with Crippen LogP contribution in [0.1, 0.15) is 0 Å². The summed E-state index contributed by atoms with van der Waals surface area (Å²) in [4.78, 5) is 33.8. The Morgan fingerprint density at radius 2 is 2.14 bits per heavy atom. The normalized spacial score (nSPS) is 17.3. The first-order chi connectivity index (χ1) is 9.95. The molecule has 0 aliphatic carbocycles. The number of rotatable bonds is 4. The van der Waals surface area contributed by atoms with Gasteiger partial charge in [-0.05, 0) is 12.1 Å². The zero-order chi connectivity index (χ0) is 15.4.